The van der Waals surface area contributed by atoms with Crippen LogP contribution >= 0.6 is 0 Å². The van der Waals surface area contributed by atoms with Gasteiger partial charge < -0.3 is 24.8 Å². The summed E-state index contributed by atoms with van der Waals surface area (Å²) in [6, 6.07) is 5.93. The Hall–Kier alpha value is -1.46. The van der Waals surface area contributed by atoms with Crippen molar-refractivity contribution in [3.05, 3.63) is 18.2 Å². The van der Waals surface area contributed by atoms with E-state index in [2.05, 4.69) is 11.0 Å². The molecule has 2 aliphatic heterocycles. The third-order valence-corrected chi connectivity index (χ3v) is 3.99. The number of nitrogens with two attached hydrogens (primary N) is 1. The largest absolute Gasteiger partial charge is 0.491 e. The van der Waals surface area contributed by atoms with Crippen molar-refractivity contribution >= 4 is 11.4 Å². The molecule has 1 aromatic rings. The van der Waals surface area contributed by atoms with Crippen LogP contribution in [-0.4, -0.2) is 38.2 Å². The van der Waals surface area contributed by atoms with Gasteiger partial charge in [-0.1, -0.05) is 0 Å². The Labute approximate surface area is 126 Å². The lowest BCUT2D eigenvalue weighted by molar-refractivity contribution is -0.169. The molecule has 0 radical (unpaired) electrons. The first-order valence-electron chi connectivity index (χ1n) is 7.66. The van der Waals surface area contributed by atoms with Crippen LogP contribution in [0.25, 0.3) is 0 Å². The van der Waals surface area contributed by atoms with Gasteiger partial charge in [0.05, 0.1) is 19.3 Å². The molecule has 0 amide bonds. The van der Waals surface area contributed by atoms with E-state index in [1.807, 2.05) is 26.0 Å². The molecule has 2 heterocycles. The second-order valence-electron chi connectivity index (χ2n) is 6.02. The number of nitrogen functional groups attached to an aromatic ring is 1. The summed E-state index contributed by atoms with van der Waals surface area (Å²) in [4.78, 5) is 2.32. The first kappa shape index (κ1) is 14.5. The summed E-state index contributed by atoms with van der Waals surface area (Å²) < 4.78 is 17.3. The number of rotatable bonds is 3. The van der Waals surface area contributed by atoms with Gasteiger partial charge in [0.2, 0.25) is 0 Å². The highest BCUT2D eigenvalue weighted by atomic mass is 16.7. The van der Waals surface area contributed by atoms with Gasteiger partial charge in [0.25, 0.3) is 0 Å². The molecule has 21 heavy (non-hydrogen) atoms. The van der Waals surface area contributed by atoms with Crippen LogP contribution in [0.1, 0.15) is 26.7 Å². The lowest BCUT2D eigenvalue weighted by atomic mass is 10.0. The van der Waals surface area contributed by atoms with E-state index >= 15 is 0 Å². The van der Waals surface area contributed by atoms with E-state index in [1.165, 1.54) is 0 Å². The predicted octanol–water partition coefficient (Wildman–Crippen LogP) is 2.40. The Morgan fingerprint density at radius 1 is 1.14 bits per heavy atom. The van der Waals surface area contributed by atoms with Crippen LogP contribution in [0.3, 0.4) is 0 Å². The maximum absolute atomic E-state index is 6.00. The molecule has 0 saturated carbocycles. The smallest absolute Gasteiger partial charge is 0.171 e. The average molecular weight is 292 g/mol. The van der Waals surface area contributed by atoms with Crippen LogP contribution in [0.2, 0.25) is 0 Å². The minimum atomic E-state index is -0.339. The highest BCUT2D eigenvalue weighted by molar-refractivity contribution is 5.60. The van der Waals surface area contributed by atoms with Gasteiger partial charge in [-0.3, -0.25) is 0 Å². The molecule has 2 saturated heterocycles. The summed E-state index contributed by atoms with van der Waals surface area (Å²) in [5.74, 6) is 0.488. The number of piperidine rings is 1. The van der Waals surface area contributed by atoms with Crippen molar-refractivity contribution in [1.82, 2.24) is 0 Å². The lowest BCUT2D eigenvalue weighted by Gasteiger charge is -2.38. The van der Waals surface area contributed by atoms with Crippen molar-refractivity contribution in [2.45, 2.75) is 38.6 Å². The van der Waals surface area contributed by atoms with Crippen molar-refractivity contribution < 1.29 is 14.2 Å². The van der Waals surface area contributed by atoms with Crippen LogP contribution in [-0.2, 0) is 9.47 Å². The molecule has 1 spiro atoms. The Morgan fingerprint density at radius 3 is 2.43 bits per heavy atom. The molecular formula is C16H24N2O3. The topological polar surface area (TPSA) is 57.0 Å². The van der Waals surface area contributed by atoms with Gasteiger partial charge in [0.1, 0.15) is 5.75 Å². The summed E-state index contributed by atoms with van der Waals surface area (Å²) in [6.07, 6.45) is 1.93. The van der Waals surface area contributed by atoms with Gasteiger partial charge in [0.15, 0.2) is 5.79 Å². The predicted molar refractivity (Wildman–Crippen MR) is 82.7 cm³/mol. The number of hydrogen-bond acceptors (Lipinski definition) is 5. The van der Waals surface area contributed by atoms with Crippen LogP contribution in [0.5, 0.6) is 5.75 Å². The molecule has 5 heteroatoms. The maximum Gasteiger partial charge on any atom is 0.171 e. The second kappa shape index (κ2) is 5.73. The fourth-order valence-electron chi connectivity index (χ4n) is 3.02. The van der Waals surface area contributed by atoms with Gasteiger partial charge >= 0.3 is 0 Å². The molecule has 0 bridgehead atoms. The minimum absolute atomic E-state index is 0.143. The zero-order valence-electron chi connectivity index (χ0n) is 12.8. The fraction of sp³-hybridized carbons (Fsp3) is 0.625. The van der Waals surface area contributed by atoms with Crippen molar-refractivity contribution in [3.8, 4) is 5.75 Å². The second-order valence-corrected chi connectivity index (χ2v) is 6.02. The van der Waals surface area contributed by atoms with Gasteiger partial charge in [-0.05, 0) is 19.9 Å². The van der Waals surface area contributed by atoms with Crippen LogP contribution in [0.15, 0.2) is 18.2 Å². The maximum atomic E-state index is 6.00. The summed E-state index contributed by atoms with van der Waals surface area (Å²) in [7, 11) is 0. The number of benzene rings is 1. The quantitative estimate of drug-likeness (QED) is 0.867. The van der Waals surface area contributed by atoms with Crippen LogP contribution in [0.4, 0.5) is 11.4 Å². The number of ether oxygens (including phenoxy) is 3. The first-order valence-corrected chi connectivity index (χ1v) is 7.66. The molecular weight excluding hydrogens is 268 g/mol. The fourth-order valence-corrected chi connectivity index (χ4v) is 3.02. The minimum Gasteiger partial charge on any atom is -0.491 e. The Morgan fingerprint density at radius 2 is 1.81 bits per heavy atom. The van der Waals surface area contributed by atoms with E-state index in [9.17, 15) is 0 Å². The molecule has 2 N–H and O–H groups in total. The van der Waals surface area contributed by atoms with E-state index in [-0.39, 0.29) is 11.9 Å². The number of hydrogen-bond donors (Lipinski definition) is 1. The molecule has 2 fully saturated rings. The van der Waals surface area contributed by atoms with Gasteiger partial charge in [-0.15, -0.1) is 0 Å². The van der Waals surface area contributed by atoms with Crippen molar-refractivity contribution in [2.75, 3.05) is 36.9 Å². The standard InChI is InChI=1S/C16H24N2O3/c1-12(2)21-15-10-13(17)9-14(11-15)18-5-3-16(4-6-18)19-7-8-20-16/h9-12H,3-8,17H2,1-2H3. The van der Waals surface area contributed by atoms with Crippen molar-refractivity contribution in [3.63, 3.8) is 0 Å². The molecule has 3 rings (SSSR count). The van der Waals surface area contributed by atoms with Crippen LogP contribution < -0.4 is 15.4 Å². The molecule has 0 aromatic heterocycles. The number of nitrogens with zero attached hydrogens (tertiary/aromatic N) is 1. The monoisotopic (exact) mass is 292 g/mol. The molecule has 1 aromatic carbocycles. The zero-order chi connectivity index (χ0) is 14.9. The first-order chi connectivity index (χ1) is 10.1. The van der Waals surface area contributed by atoms with Crippen molar-refractivity contribution in [2.24, 2.45) is 0 Å². The number of anilines is 2. The molecule has 0 atom stereocenters. The highest BCUT2D eigenvalue weighted by Crippen LogP contribution is 2.35. The molecule has 0 unspecified atom stereocenters. The molecule has 116 valence electrons. The summed E-state index contributed by atoms with van der Waals surface area (Å²) in [6.45, 7) is 7.27. The van der Waals surface area contributed by atoms with Crippen molar-refractivity contribution in [1.29, 1.82) is 0 Å². The van der Waals surface area contributed by atoms with Gasteiger partial charge in [-0.25, -0.2) is 0 Å². The molecule has 5 nitrogen and oxygen atoms in total. The summed E-state index contributed by atoms with van der Waals surface area (Å²) in [5.41, 5.74) is 7.84. The summed E-state index contributed by atoms with van der Waals surface area (Å²) >= 11 is 0. The van der Waals surface area contributed by atoms with E-state index in [1.54, 1.807) is 0 Å². The third-order valence-electron chi connectivity index (χ3n) is 3.99. The Balaban J connectivity index is 1.71. The molecule has 2 aliphatic rings. The lowest BCUT2D eigenvalue weighted by Crippen LogP contribution is -2.45. The van der Waals surface area contributed by atoms with E-state index < -0.39 is 0 Å². The Bertz CT molecular complexity index is 488. The van der Waals surface area contributed by atoms with Gasteiger partial charge in [0, 0.05) is 49.4 Å². The molecule has 0 aliphatic carbocycles. The van der Waals surface area contributed by atoms with Crippen LogP contribution in [0, 0.1) is 0 Å². The normalized spacial score (nSPS) is 21.2. The van der Waals surface area contributed by atoms with E-state index in [4.69, 9.17) is 19.9 Å². The van der Waals surface area contributed by atoms with E-state index in [0.717, 1.165) is 43.1 Å². The van der Waals surface area contributed by atoms with Gasteiger partial charge in [-0.2, -0.15) is 0 Å². The zero-order valence-corrected chi connectivity index (χ0v) is 12.8. The average Bonchev–Trinajstić information content (AvgIpc) is 2.86. The third kappa shape index (κ3) is 3.24. The SMILES string of the molecule is CC(C)Oc1cc(N)cc(N2CCC3(CC2)OCCO3)c1. The van der Waals surface area contributed by atoms with E-state index in [0.29, 0.717) is 13.2 Å². The highest BCUT2D eigenvalue weighted by Gasteiger charge is 2.39. The Kier molecular flexibility index (Phi) is 3.95. The summed E-state index contributed by atoms with van der Waals surface area (Å²) in [5, 5.41) is 0.